The summed E-state index contributed by atoms with van der Waals surface area (Å²) in [5.41, 5.74) is 1.94. The molecule has 3 rings (SSSR count). The molecule has 3 aromatic rings. The smallest absolute Gasteiger partial charge is 0.322 e. The molecule has 7 heteroatoms. The van der Waals surface area contributed by atoms with E-state index in [9.17, 15) is 4.79 Å². The maximum absolute atomic E-state index is 11.9. The lowest BCUT2D eigenvalue weighted by Gasteiger charge is -2.01. The highest BCUT2D eigenvalue weighted by molar-refractivity contribution is 8.00. The molecule has 1 amide bonds. The number of hydrogen-bond donors (Lipinski definition) is 1. The van der Waals surface area contributed by atoms with Gasteiger partial charge in [0.05, 0.1) is 5.75 Å². The van der Waals surface area contributed by atoms with Crippen LogP contribution in [0.15, 0.2) is 58.1 Å². The topological polar surface area (TPSA) is 80.9 Å². The van der Waals surface area contributed by atoms with Crippen LogP contribution in [0.4, 0.5) is 6.01 Å². The second-order valence-corrected chi connectivity index (χ2v) is 5.85. The molecule has 0 aliphatic heterocycles. The number of nitrogens with one attached hydrogen (secondary N) is 1. The third-order valence-corrected chi connectivity index (χ3v) is 4.00. The highest BCUT2D eigenvalue weighted by Crippen LogP contribution is 2.20. The van der Waals surface area contributed by atoms with E-state index in [4.69, 9.17) is 4.42 Å². The van der Waals surface area contributed by atoms with Crippen LogP contribution in [0, 0.1) is 6.92 Å². The summed E-state index contributed by atoms with van der Waals surface area (Å²) in [5, 5.41) is 10.3. The third-order valence-electron chi connectivity index (χ3n) is 2.99. The summed E-state index contributed by atoms with van der Waals surface area (Å²) in [6, 6.07) is 11.6. The second-order valence-electron chi connectivity index (χ2n) is 4.80. The maximum atomic E-state index is 11.9. The van der Waals surface area contributed by atoms with Gasteiger partial charge in [0.1, 0.15) is 0 Å². The summed E-state index contributed by atoms with van der Waals surface area (Å²) in [5.74, 6) is 0.421. The van der Waals surface area contributed by atoms with Gasteiger partial charge >= 0.3 is 6.01 Å². The van der Waals surface area contributed by atoms with Gasteiger partial charge in [0.15, 0.2) is 0 Å². The Morgan fingerprint density at radius 2 is 1.87 bits per heavy atom. The van der Waals surface area contributed by atoms with Gasteiger partial charge in [-0.05, 0) is 31.2 Å². The minimum absolute atomic E-state index is 0.0892. The summed E-state index contributed by atoms with van der Waals surface area (Å²) in [7, 11) is 0. The van der Waals surface area contributed by atoms with Crippen LogP contribution in [0.1, 0.15) is 5.56 Å². The van der Waals surface area contributed by atoms with Crippen molar-refractivity contribution in [3.05, 3.63) is 54.4 Å². The summed E-state index contributed by atoms with van der Waals surface area (Å²) in [6.45, 7) is 2.02. The van der Waals surface area contributed by atoms with Crippen LogP contribution in [0.2, 0.25) is 0 Å². The van der Waals surface area contributed by atoms with Crippen LogP contribution < -0.4 is 5.32 Å². The van der Waals surface area contributed by atoms with Crippen LogP contribution in [0.25, 0.3) is 11.5 Å². The van der Waals surface area contributed by atoms with Gasteiger partial charge in [-0.3, -0.25) is 15.1 Å². The Bertz CT molecular complexity index is 787. The first-order valence-corrected chi connectivity index (χ1v) is 7.92. The largest absolute Gasteiger partial charge is 0.403 e. The number of rotatable bonds is 5. The lowest BCUT2D eigenvalue weighted by Crippen LogP contribution is -2.14. The molecule has 0 atom stereocenters. The molecule has 0 radical (unpaired) electrons. The van der Waals surface area contributed by atoms with Crippen LogP contribution in [0.3, 0.4) is 0 Å². The number of pyridine rings is 1. The fraction of sp³-hybridized carbons (Fsp3) is 0.125. The van der Waals surface area contributed by atoms with Gasteiger partial charge in [0.25, 0.3) is 0 Å². The van der Waals surface area contributed by atoms with Gasteiger partial charge in [-0.2, -0.15) is 0 Å². The molecule has 0 aliphatic carbocycles. The average Bonchev–Trinajstić information content (AvgIpc) is 3.04. The van der Waals surface area contributed by atoms with Crippen LogP contribution in [0.5, 0.6) is 0 Å². The number of carbonyl (C=O) groups is 1. The van der Waals surface area contributed by atoms with E-state index in [0.29, 0.717) is 5.89 Å². The van der Waals surface area contributed by atoms with Crippen molar-refractivity contribution in [2.24, 2.45) is 0 Å². The Labute approximate surface area is 137 Å². The predicted molar refractivity (Wildman–Crippen MR) is 88.1 cm³/mol. The zero-order chi connectivity index (χ0) is 16.1. The van der Waals surface area contributed by atoms with E-state index in [-0.39, 0.29) is 17.7 Å². The van der Waals surface area contributed by atoms with Crippen LogP contribution >= 0.6 is 11.8 Å². The van der Waals surface area contributed by atoms with Crippen molar-refractivity contribution >= 4 is 23.7 Å². The van der Waals surface area contributed by atoms with Crippen molar-refractivity contribution in [3.63, 3.8) is 0 Å². The maximum Gasteiger partial charge on any atom is 0.322 e. The lowest BCUT2D eigenvalue weighted by molar-refractivity contribution is -0.113. The monoisotopic (exact) mass is 326 g/mol. The molecule has 0 saturated heterocycles. The molecule has 0 saturated carbocycles. The van der Waals surface area contributed by atoms with Gasteiger partial charge in [-0.25, -0.2) is 0 Å². The summed E-state index contributed by atoms with van der Waals surface area (Å²) in [6.07, 6.45) is 3.27. The summed E-state index contributed by atoms with van der Waals surface area (Å²) < 4.78 is 5.42. The highest BCUT2D eigenvalue weighted by atomic mass is 32.2. The van der Waals surface area contributed by atoms with Crippen molar-refractivity contribution in [3.8, 4) is 11.5 Å². The number of carbonyl (C=O) groups excluding carboxylic acids is 1. The van der Waals surface area contributed by atoms with E-state index < -0.39 is 0 Å². The minimum Gasteiger partial charge on any atom is -0.403 e. The molecule has 0 unspecified atom stereocenters. The first-order chi connectivity index (χ1) is 11.2. The molecule has 6 nitrogen and oxygen atoms in total. The number of thioether (sulfide) groups is 1. The molecule has 2 aromatic heterocycles. The molecule has 2 heterocycles. The standard InChI is InChI=1S/C16H14N4O2S/c1-11-2-4-13(5-3-11)23-10-14(21)18-16-20-19-15(22-16)12-6-8-17-9-7-12/h2-9H,10H2,1H3,(H,18,20,21). The van der Waals surface area contributed by atoms with Gasteiger partial charge in [0.2, 0.25) is 11.8 Å². The Morgan fingerprint density at radius 3 is 2.61 bits per heavy atom. The summed E-state index contributed by atoms with van der Waals surface area (Å²) >= 11 is 1.45. The molecule has 116 valence electrons. The quantitative estimate of drug-likeness (QED) is 0.725. The minimum atomic E-state index is -0.194. The highest BCUT2D eigenvalue weighted by Gasteiger charge is 2.11. The van der Waals surface area contributed by atoms with Crippen molar-refractivity contribution in [1.82, 2.24) is 15.2 Å². The second kappa shape index (κ2) is 7.06. The van der Waals surface area contributed by atoms with Gasteiger partial charge < -0.3 is 4.42 Å². The molecule has 0 fully saturated rings. The number of amides is 1. The molecule has 0 bridgehead atoms. The average molecular weight is 326 g/mol. The SMILES string of the molecule is Cc1ccc(SCC(=O)Nc2nnc(-c3ccncc3)o2)cc1. The van der Waals surface area contributed by atoms with Gasteiger partial charge in [0, 0.05) is 22.9 Å². The fourth-order valence-corrected chi connectivity index (χ4v) is 2.52. The number of nitrogens with zero attached hydrogens (tertiary/aromatic N) is 3. The number of hydrogen-bond acceptors (Lipinski definition) is 6. The van der Waals surface area contributed by atoms with Gasteiger partial charge in [-0.15, -0.1) is 16.9 Å². The van der Waals surface area contributed by atoms with E-state index >= 15 is 0 Å². The predicted octanol–water partition coefficient (Wildman–Crippen LogP) is 3.17. The Balaban J connectivity index is 1.56. The van der Waals surface area contributed by atoms with Crippen molar-refractivity contribution in [2.45, 2.75) is 11.8 Å². The molecular weight excluding hydrogens is 312 g/mol. The summed E-state index contributed by atoms with van der Waals surface area (Å²) in [4.78, 5) is 16.9. The molecule has 1 N–H and O–H groups in total. The van der Waals surface area contributed by atoms with E-state index in [1.807, 2.05) is 31.2 Å². The van der Waals surface area contributed by atoms with Crippen molar-refractivity contribution in [1.29, 1.82) is 0 Å². The number of anilines is 1. The first-order valence-electron chi connectivity index (χ1n) is 6.94. The molecule has 1 aromatic carbocycles. The van der Waals surface area contributed by atoms with E-state index in [1.54, 1.807) is 24.5 Å². The number of benzene rings is 1. The normalized spacial score (nSPS) is 10.5. The molecule has 0 spiro atoms. The van der Waals surface area contributed by atoms with Crippen molar-refractivity contribution < 1.29 is 9.21 Å². The van der Waals surface area contributed by atoms with E-state index in [2.05, 4.69) is 20.5 Å². The van der Waals surface area contributed by atoms with Crippen LogP contribution in [-0.4, -0.2) is 26.8 Å². The number of aromatic nitrogens is 3. The molecule has 23 heavy (non-hydrogen) atoms. The fourth-order valence-electron chi connectivity index (χ4n) is 1.82. The zero-order valence-corrected chi connectivity index (χ0v) is 13.2. The zero-order valence-electron chi connectivity index (χ0n) is 12.4. The molecular formula is C16H14N4O2S. The lowest BCUT2D eigenvalue weighted by atomic mass is 10.2. The van der Waals surface area contributed by atoms with E-state index in [1.165, 1.54) is 17.3 Å². The Hall–Kier alpha value is -2.67. The Morgan fingerprint density at radius 1 is 1.13 bits per heavy atom. The molecule has 0 aliphatic rings. The number of aryl methyl sites for hydroxylation is 1. The Kier molecular flexibility index (Phi) is 4.68. The van der Waals surface area contributed by atoms with Crippen LogP contribution in [-0.2, 0) is 4.79 Å². The van der Waals surface area contributed by atoms with Gasteiger partial charge in [-0.1, -0.05) is 22.8 Å². The third kappa shape index (κ3) is 4.17. The van der Waals surface area contributed by atoms with E-state index in [0.717, 1.165) is 10.5 Å². The first kappa shape index (κ1) is 15.2. The van der Waals surface area contributed by atoms with Crippen molar-refractivity contribution in [2.75, 3.05) is 11.1 Å².